The molecule has 2 heteroatoms. The van der Waals surface area contributed by atoms with Gasteiger partial charge in [0.25, 0.3) is 0 Å². The molecule has 78 valence electrons. The second-order valence-electron chi connectivity index (χ2n) is 4.12. The van der Waals surface area contributed by atoms with Crippen LogP contribution >= 0.6 is 0 Å². The number of rotatable bonds is 1. The van der Waals surface area contributed by atoms with Crippen molar-refractivity contribution in [2.24, 2.45) is 0 Å². The van der Waals surface area contributed by atoms with E-state index in [4.69, 9.17) is 0 Å². The van der Waals surface area contributed by atoms with Crippen molar-refractivity contribution in [1.29, 1.82) is 0 Å². The molecule has 0 unspecified atom stereocenters. The summed E-state index contributed by atoms with van der Waals surface area (Å²) in [5, 5.41) is 9.41. The van der Waals surface area contributed by atoms with Crippen molar-refractivity contribution in [2.45, 2.75) is 25.7 Å². The third-order valence-electron chi connectivity index (χ3n) is 2.78. The van der Waals surface area contributed by atoms with Crippen LogP contribution in [0, 0.1) is 6.92 Å². The van der Waals surface area contributed by atoms with E-state index in [0.717, 1.165) is 5.56 Å². The minimum absolute atomic E-state index is 0.0179. The van der Waals surface area contributed by atoms with E-state index in [1.807, 2.05) is 31.2 Å². The SMILES string of the molecule is Cc1ccc([C@@H]2CC(=O)C=C(O)C2)cc1. The van der Waals surface area contributed by atoms with Crippen LogP contribution in [0.1, 0.15) is 29.9 Å². The van der Waals surface area contributed by atoms with Crippen molar-refractivity contribution >= 4 is 5.78 Å². The van der Waals surface area contributed by atoms with E-state index in [9.17, 15) is 9.90 Å². The van der Waals surface area contributed by atoms with Crippen LogP contribution in [0.5, 0.6) is 0 Å². The van der Waals surface area contributed by atoms with Crippen molar-refractivity contribution in [3.63, 3.8) is 0 Å². The molecule has 1 aromatic carbocycles. The molecule has 0 bridgehead atoms. The minimum atomic E-state index is 0.0179. The number of aliphatic hydroxyl groups is 1. The lowest BCUT2D eigenvalue weighted by Gasteiger charge is -2.19. The van der Waals surface area contributed by atoms with E-state index in [1.165, 1.54) is 11.6 Å². The van der Waals surface area contributed by atoms with Gasteiger partial charge in [0.05, 0.1) is 5.76 Å². The van der Waals surface area contributed by atoms with Gasteiger partial charge in [-0.2, -0.15) is 0 Å². The Morgan fingerprint density at radius 1 is 1.20 bits per heavy atom. The van der Waals surface area contributed by atoms with Crippen LogP contribution in [-0.2, 0) is 4.79 Å². The molecular weight excluding hydrogens is 188 g/mol. The van der Waals surface area contributed by atoms with Gasteiger partial charge in [0.1, 0.15) is 0 Å². The normalized spacial score (nSPS) is 21.3. The summed E-state index contributed by atoms with van der Waals surface area (Å²) in [4.78, 5) is 11.3. The quantitative estimate of drug-likeness (QED) is 0.760. The maximum atomic E-state index is 11.3. The number of aliphatic hydroxyl groups excluding tert-OH is 1. The van der Waals surface area contributed by atoms with Gasteiger partial charge in [0.15, 0.2) is 5.78 Å². The molecule has 1 aliphatic rings. The minimum Gasteiger partial charge on any atom is -0.512 e. The lowest BCUT2D eigenvalue weighted by Crippen LogP contribution is -2.12. The molecule has 0 radical (unpaired) electrons. The molecule has 1 atom stereocenters. The zero-order chi connectivity index (χ0) is 10.8. The molecule has 0 saturated heterocycles. The number of hydrogen-bond donors (Lipinski definition) is 1. The van der Waals surface area contributed by atoms with Crippen LogP contribution in [0.15, 0.2) is 36.1 Å². The molecular formula is C13H14O2. The van der Waals surface area contributed by atoms with Crippen molar-refractivity contribution in [3.8, 4) is 0 Å². The fourth-order valence-corrected chi connectivity index (χ4v) is 1.95. The molecule has 0 aliphatic heterocycles. The van der Waals surface area contributed by atoms with Gasteiger partial charge in [-0.25, -0.2) is 0 Å². The molecule has 0 heterocycles. The molecule has 2 rings (SSSR count). The summed E-state index contributed by atoms with van der Waals surface area (Å²) in [6.45, 7) is 2.03. The molecule has 0 aromatic heterocycles. The Morgan fingerprint density at radius 3 is 2.47 bits per heavy atom. The molecule has 1 aromatic rings. The number of benzene rings is 1. The second kappa shape index (κ2) is 3.89. The van der Waals surface area contributed by atoms with E-state index < -0.39 is 0 Å². The largest absolute Gasteiger partial charge is 0.512 e. The highest BCUT2D eigenvalue weighted by atomic mass is 16.3. The first-order valence-electron chi connectivity index (χ1n) is 5.14. The topological polar surface area (TPSA) is 37.3 Å². The van der Waals surface area contributed by atoms with Gasteiger partial charge >= 0.3 is 0 Å². The molecule has 0 amide bonds. The second-order valence-corrected chi connectivity index (χ2v) is 4.12. The fourth-order valence-electron chi connectivity index (χ4n) is 1.95. The van der Waals surface area contributed by atoms with Crippen LogP contribution in [0.3, 0.4) is 0 Å². The molecule has 0 saturated carbocycles. The van der Waals surface area contributed by atoms with Crippen molar-refractivity contribution in [1.82, 2.24) is 0 Å². The van der Waals surface area contributed by atoms with E-state index in [1.54, 1.807) is 0 Å². The van der Waals surface area contributed by atoms with Crippen LogP contribution in [-0.4, -0.2) is 10.9 Å². The molecule has 1 N–H and O–H groups in total. The molecule has 0 fully saturated rings. The summed E-state index contributed by atoms with van der Waals surface area (Å²) >= 11 is 0. The summed E-state index contributed by atoms with van der Waals surface area (Å²) in [5.41, 5.74) is 2.34. The number of allylic oxidation sites excluding steroid dienone is 2. The smallest absolute Gasteiger partial charge is 0.159 e. The number of carbonyl (C=O) groups excluding carboxylic acids is 1. The first kappa shape index (κ1) is 9.97. The summed E-state index contributed by atoms with van der Waals surface area (Å²) in [6, 6.07) is 8.14. The number of carbonyl (C=O) groups is 1. The van der Waals surface area contributed by atoms with E-state index in [-0.39, 0.29) is 17.5 Å². The van der Waals surface area contributed by atoms with Gasteiger partial charge in [-0.15, -0.1) is 0 Å². The molecule has 1 aliphatic carbocycles. The van der Waals surface area contributed by atoms with Crippen LogP contribution in [0.4, 0.5) is 0 Å². The standard InChI is InChI=1S/C13H14O2/c1-9-2-4-10(5-3-9)11-6-12(14)8-13(15)7-11/h2-5,8,11,14H,6-7H2,1H3/t11-/m0/s1. The highest BCUT2D eigenvalue weighted by molar-refractivity contribution is 5.91. The predicted octanol–water partition coefficient (Wildman–Crippen LogP) is 2.88. The molecule has 15 heavy (non-hydrogen) atoms. The van der Waals surface area contributed by atoms with Crippen LogP contribution in [0.2, 0.25) is 0 Å². The maximum absolute atomic E-state index is 11.3. The van der Waals surface area contributed by atoms with Gasteiger partial charge in [-0.1, -0.05) is 29.8 Å². The van der Waals surface area contributed by atoms with E-state index in [2.05, 4.69) is 0 Å². The molecule has 2 nitrogen and oxygen atoms in total. The Bertz CT molecular complexity index is 401. The number of ketones is 1. The van der Waals surface area contributed by atoms with Gasteiger partial charge < -0.3 is 5.11 Å². The number of hydrogen-bond acceptors (Lipinski definition) is 2. The molecule has 0 spiro atoms. The summed E-state index contributed by atoms with van der Waals surface area (Å²) in [5.74, 6) is 0.365. The monoisotopic (exact) mass is 202 g/mol. The third-order valence-corrected chi connectivity index (χ3v) is 2.78. The highest BCUT2D eigenvalue weighted by Crippen LogP contribution is 2.30. The Labute approximate surface area is 89.2 Å². The first-order chi connectivity index (χ1) is 7.15. The van der Waals surface area contributed by atoms with Crippen molar-refractivity contribution < 1.29 is 9.90 Å². The highest BCUT2D eigenvalue weighted by Gasteiger charge is 2.21. The average Bonchev–Trinajstić information content (AvgIpc) is 2.17. The average molecular weight is 202 g/mol. The first-order valence-corrected chi connectivity index (χ1v) is 5.14. The Morgan fingerprint density at radius 2 is 1.87 bits per heavy atom. The summed E-state index contributed by atoms with van der Waals surface area (Å²) < 4.78 is 0. The van der Waals surface area contributed by atoms with Crippen LogP contribution < -0.4 is 0 Å². The Balaban J connectivity index is 2.22. The predicted molar refractivity (Wildman–Crippen MR) is 58.9 cm³/mol. The fraction of sp³-hybridized carbons (Fsp3) is 0.308. The third kappa shape index (κ3) is 2.27. The van der Waals surface area contributed by atoms with Crippen molar-refractivity contribution in [3.05, 3.63) is 47.2 Å². The maximum Gasteiger partial charge on any atom is 0.159 e. The lowest BCUT2D eigenvalue weighted by molar-refractivity contribution is -0.115. The Hall–Kier alpha value is -1.57. The van der Waals surface area contributed by atoms with Gasteiger partial charge in [0, 0.05) is 18.9 Å². The summed E-state index contributed by atoms with van der Waals surface area (Å²) in [6.07, 6.45) is 2.42. The van der Waals surface area contributed by atoms with Crippen LogP contribution in [0.25, 0.3) is 0 Å². The van der Waals surface area contributed by atoms with Gasteiger partial charge in [-0.05, 0) is 18.4 Å². The Kier molecular flexibility index (Phi) is 2.58. The van der Waals surface area contributed by atoms with E-state index >= 15 is 0 Å². The summed E-state index contributed by atoms with van der Waals surface area (Å²) in [7, 11) is 0. The van der Waals surface area contributed by atoms with Gasteiger partial charge in [-0.3, -0.25) is 4.79 Å². The van der Waals surface area contributed by atoms with Crippen molar-refractivity contribution in [2.75, 3.05) is 0 Å². The van der Waals surface area contributed by atoms with Gasteiger partial charge in [0.2, 0.25) is 0 Å². The zero-order valence-corrected chi connectivity index (χ0v) is 8.73. The number of aryl methyl sites for hydroxylation is 1. The van der Waals surface area contributed by atoms with E-state index in [0.29, 0.717) is 12.8 Å². The zero-order valence-electron chi connectivity index (χ0n) is 8.73. The lowest BCUT2D eigenvalue weighted by atomic mass is 9.86.